The van der Waals surface area contributed by atoms with Gasteiger partial charge < -0.3 is 13.4 Å². The van der Waals surface area contributed by atoms with Gasteiger partial charge in [-0.15, -0.1) is 20.4 Å². The lowest BCUT2D eigenvalue weighted by molar-refractivity contribution is 0.584. The number of fused-ring (bicyclic) bond motifs is 3. The van der Waals surface area contributed by atoms with Crippen molar-refractivity contribution in [2.45, 2.75) is 39.2 Å². The predicted molar refractivity (Wildman–Crippen MR) is 212 cm³/mol. The fourth-order valence-electron chi connectivity index (χ4n) is 7.08. The Morgan fingerprint density at radius 3 is 1.19 bits per heavy atom. The molecular formula is C46H37N5O2. The van der Waals surface area contributed by atoms with Crippen LogP contribution >= 0.6 is 0 Å². The van der Waals surface area contributed by atoms with Crippen molar-refractivity contribution in [3.8, 4) is 68.1 Å². The summed E-state index contributed by atoms with van der Waals surface area (Å²) in [6.07, 6.45) is 4.80. The van der Waals surface area contributed by atoms with E-state index in [-0.39, 0.29) is 0 Å². The monoisotopic (exact) mass is 691 g/mol. The second-order valence-corrected chi connectivity index (χ2v) is 13.4. The highest BCUT2D eigenvalue weighted by Gasteiger charge is 2.16. The molecule has 0 saturated heterocycles. The van der Waals surface area contributed by atoms with Gasteiger partial charge in [0.1, 0.15) is 0 Å². The molecule has 0 spiro atoms. The van der Waals surface area contributed by atoms with Gasteiger partial charge in [0.25, 0.3) is 0 Å². The van der Waals surface area contributed by atoms with E-state index in [1.165, 1.54) is 52.2 Å². The van der Waals surface area contributed by atoms with E-state index in [4.69, 9.17) is 8.83 Å². The average molecular weight is 692 g/mol. The van der Waals surface area contributed by atoms with Crippen molar-refractivity contribution in [1.82, 2.24) is 25.0 Å². The first-order valence-corrected chi connectivity index (χ1v) is 18.3. The topological polar surface area (TPSA) is 82.8 Å². The molecule has 3 aromatic heterocycles. The Labute approximate surface area is 307 Å². The van der Waals surface area contributed by atoms with Gasteiger partial charge in [-0.3, -0.25) is 0 Å². The zero-order valence-corrected chi connectivity index (χ0v) is 29.4. The molecule has 3 heterocycles. The van der Waals surface area contributed by atoms with Crippen LogP contribution in [0, 0.1) is 0 Å². The van der Waals surface area contributed by atoms with E-state index in [1.807, 2.05) is 60.7 Å². The summed E-state index contributed by atoms with van der Waals surface area (Å²) < 4.78 is 14.5. The van der Waals surface area contributed by atoms with Crippen LogP contribution in [-0.4, -0.2) is 25.0 Å². The van der Waals surface area contributed by atoms with Gasteiger partial charge >= 0.3 is 0 Å². The zero-order chi connectivity index (χ0) is 35.6. The van der Waals surface area contributed by atoms with Crippen LogP contribution in [0.1, 0.15) is 32.6 Å². The summed E-state index contributed by atoms with van der Waals surface area (Å²) in [7, 11) is 0. The van der Waals surface area contributed by atoms with Crippen LogP contribution in [0.3, 0.4) is 0 Å². The maximum atomic E-state index is 6.01. The first kappa shape index (κ1) is 32.3. The summed E-state index contributed by atoms with van der Waals surface area (Å²) in [5.74, 6) is 2.05. The van der Waals surface area contributed by atoms with Gasteiger partial charge in [-0.25, -0.2) is 0 Å². The smallest absolute Gasteiger partial charge is 0.248 e. The van der Waals surface area contributed by atoms with E-state index in [0.717, 1.165) is 46.3 Å². The average Bonchev–Trinajstić information content (AvgIpc) is 3.99. The van der Waals surface area contributed by atoms with Crippen LogP contribution in [0.4, 0.5) is 0 Å². The molecule has 0 N–H and O–H groups in total. The summed E-state index contributed by atoms with van der Waals surface area (Å²) in [4.78, 5) is 0. The van der Waals surface area contributed by atoms with Crippen molar-refractivity contribution in [2.75, 3.05) is 0 Å². The molecule has 0 radical (unpaired) electrons. The Hall–Kier alpha value is -6.60. The van der Waals surface area contributed by atoms with Gasteiger partial charge in [0.15, 0.2) is 0 Å². The lowest BCUT2D eigenvalue weighted by Crippen LogP contribution is -1.98. The highest BCUT2D eigenvalue weighted by atomic mass is 16.4. The Morgan fingerprint density at radius 1 is 0.396 bits per heavy atom. The van der Waals surface area contributed by atoms with Gasteiger partial charge in [0.2, 0.25) is 23.6 Å². The van der Waals surface area contributed by atoms with E-state index in [9.17, 15) is 0 Å². The Bertz CT molecular complexity index is 2460. The van der Waals surface area contributed by atoms with Gasteiger partial charge in [-0.1, -0.05) is 111 Å². The van der Waals surface area contributed by atoms with E-state index in [1.54, 1.807) is 0 Å². The molecule has 0 unspecified atom stereocenters. The van der Waals surface area contributed by atoms with Crippen LogP contribution in [0.5, 0.6) is 0 Å². The highest BCUT2D eigenvalue weighted by molar-refractivity contribution is 6.10. The maximum absolute atomic E-state index is 6.01. The fraction of sp³-hybridized carbons (Fsp3) is 0.130. The number of benzene rings is 6. The normalized spacial score (nSPS) is 11.5. The SMILES string of the molecule is CCCCCCn1c2cc(-c3ccc(-c4nnc(-c5ccccc5)o4)cc3)ccc2c2ccc(-c3ccc(-c4nnc(-c5ccccc5)o4)cc3)cc21. The van der Waals surface area contributed by atoms with Gasteiger partial charge in [0.05, 0.1) is 0 Å². The van der Waals surface area contributed by atoms with Crippen molar-refractivity contribution < 1.29 is 8.83 Å². The fourth-order valence-corrected chi connectivity index (χ4v) is 7.08. The highest BCUT2D eigenvalue weighted by Crippen LogP contribution is 2.36. The van der Waals surface area contributed by atoms with E-state index in [0.29, 0.717) is 23.6 Å². The minimum atomic E-state index is 0.510. The minimum absolute atomic E-state index is 0.510. The molecule has 9 aromatic rings. The van der Waals surface area contributed by atoms with Crippen molar-refractivity contribution in [1.29, 1.82) is 0 Å². The molecule has 0 aliphatic heterocycles. The third-order valence-electron chi connectivity index (χ3n) is 9.92. The second-order valence-electron chi connectivity index (χ2n) is 13.4. The predicted octanol–water partition coefficient (Wildman–Crippen LogP) is 12.1. The molecule has 0 aliphatic carbocycles. The third kappa shape index (κ3) is 6.42. The molecule has 0 saturated carbocycles. The zero-order valence-electron chi connectivity index (χ0n) is 29.4. The summed E-state index contributed by atoms with van der Waals surface area (Å²) in [5.41, 5.74) is 10.7. The Balaban J connectivity index is 1.02. The first-order chi connectivity index (χ1) is 26.2. The van der Waals surface area contributed by atoms with Crippen LogP contribution in [0.15, 0.2) is 154 Å². The lowest BCUT2D eigenvalue weighted by atomic mass is 10.0. The third-order valence-corrected chi connectivity index (χ3v) is 9.92. The molecule has 0 bridgehead atoms. The number of aromatic nitrogens is 5. The molecule has 7 nitrogen and oxygen atoms in total. The van der Waals surface area contributed by atoms with Crippen LogP contribution in [-0.2, 0) is 6.54 Å². The largest absolute Gasteiger partial charge is 0.416 e. The first-order valence-electron chi connectivity index (χ1n) is 18.3. The van der Waals surface area contributed by atoms with E-state index < -0.39 is 0 Å². The van der Waals surface area contributed by atoms with Gasteiger partial charge in [-0.05, 0) is 89.3 Å². The maximum Gasteiger partial charge on any atom is 0.248 e. The molecule has 258 valence electrons. The molecule has 0 aliphatic rings. The summed E-state index contributed by atoms with van der Waals surface area (Å²) in [6.45, 7) is 3.23. The van der Waals surface area contributed by atoms with Crippen molar-refractivity contribution in [3.63, 3.8) is 0 Å². The van der Waals surface area contributed by atoms with Crippen molar-refractivity contribution in [2.24, 2.45) is 0 Å². The van der Waals surface area contributed by atoms with E-state index in [2.05, 4.69) is 117 Å². The molecule has 7 heteroatoms. The molecule has 0 fully saturated rings. The van der Waals surface area contributed by atoms with Gasteiger partial charge in [0, 0.05) is 50.6 Å². The lowest BCUT2D eigenvalue weighted by Gasteiger charge is -2.10. The second kappa shape index (κ2) is 14.2. The summed E-state index contributed by atoms with van der Waals surface area (Å²) >= 11 is 0. The molecule has 9 rings (SSSR count). The number of nitrogens with zero attached hydrogens (tertiary/aromatic N) is 5. The number of hydrogen-bond acceptors (Lipinski definition) is 6. The van der Waals surface area contributed by atoms with Gasteiger partial charge in [-0.2, -0.15) is 0 Å². The molecule has 53 heavy (non-hydrogen) atoms. The number of aryl methyl sites for hydroxylation is 1. The number of hydrogen-bond donors (Lipinski definition) is 0. The molecular weight excluding hydrogens is 655 g/mol. The minimum Gasteiger partial charge on any atom is -0.416 e. The molecule has 0 atom stereocenters. The number of rotatable bonds is 11. The van der Waals surface area contributed by atoms with E-state index >= 15 is 0 Å². The standard InChI is InChI=1S/C46H37N5O2/c1-2-3-4-11-28-51-41-29-37(31-16-20-35(21-17-31)45-49-47-43(52-45)33-12-7-5-8-13-33)24-26-39(41)40-27-25-38(30-42(40)51)32-18-22-36(23-19-32)46-50-48-44(53-46)34-14-9-6-10-15-34/h5-10,12-27,29-30H,2-4,11,28H2,1H3. The van der Waals surface area contributed by atoms with Crippen molar-refractivity contribution in [3.05, 3.63) is 146 Å². The van der Waals surface area contributed by atoms with Crippen molar-refractivity contribution >= 4 is 21.8 Å². The number of unbranched alkanes of at least 4 members (excludes halogenated alkanes) is 3. The Morgan fingerprint density at radius 2 is 0.774 bits per heavy atom. The molecule has 6 aromatic carbocycles. The summed E-state index contributed by atoms with van der Waals surface area (Å²) in [6, 6.07) is 50.1. The molecule has 0 amide bonds. The van der Waals surface area contributed by atoms with Crippen LogP contribution in [0.2, 0.25) is 0 Å². The quantitative estimate of drug-likeness (QED) is 0.126. The Kier molecular flexibility index (Phi) is 8.66. The summed E-state index contributed by atoms with van der Waals surface area (Å²) in [5, 5.41) is 19.7. The van der Waals surface area contributed by atoms with Crippen LogP contribution < -0.4 is 0 Å². The van der Waals surface area contributed by atoms with Crippen LogP contribution in [0.25, 0.3) is 89.9 Å².